The Hall–Kier alpha value is -2.05. The van der Waals surface area contributed by atoms with Crippen LogP contribution >= 0.6 is 11.3 Å². The number of ketones is 1. The lowest BCUT2D eigenvalue weighted by atomic mass is 9.99. The molecule has 3 N–H and O–H groups in total. The highest BCUT2D eigenvalue weighted by atomic mass is 32.1. The molecule has 0 aliphatic carbocycles. The average molecular weight is 289 g/mol. The Bertz CT molecular complexity index is 610. The molecule has 0 aliphatic heterocycles. The van der Waals surface area contributed by atoms with Crippen LogP contribution in [0.5, 0.6) is 0 Å². The minimum atomic E-state index is -0.430. The highest BCUT2D eigenvalue weighted by molar-refractivity contribution is 7.14. The van der Waals surface area contributed by atoms with Crippen molar-refractivity contribution in [2.45, 2.75) is 12.8 Å². The third kappa shape index (κ3) is 3.28. The van der Waals surface area contributed by atoms with Crippen molar-refractivity contribution in [1.82, 2.24) is 4.98 Å². The van der Waals surface area contributed by atoms with Gasteiger partial charge in [0.05, 0.1) is 5.92 Å². The van der Waals surface area contributed by atoms with Crippen molar-refractivity contribution < 1.29 is 9.59 Å². The number of carbonyl (C=O) groups is 2. The van der Waals surface area contributed by atoms with Crippen LogP contribution < -0.4 is 11.1 Å². The second-order valence-electron chi connectivity index (χ2n) is 4.28. The molecule has 1 heterocycles. The number of Topliss-reactive ketones (excluding diaryl/α,β-unsaturated/α-hetero) is 1. The first-order valence-electron chi connectivity index (χ1n) is 6.14. The van der Waals surface area contributed by atoms with Gasteiger partial charge >= 0.3 is 0 Å². The van der Waals surface area contributed by atoms with Crippen molar-refractivity contribution in [3.8, 4) is 0 Å². The smallest absolute Gasteiger partial charge is 0.234 e. The van der Waals surface area contributed by atoms with Gasteiger partial charge in [-0.2, -0.15) is 0 Å². The van der Waals surface area contributed by atoms with E-state index in [1.807, 2.05) is 30.3 Å². The van der Waals surface area contributed by atoms with E-state index in [0.29, 0.717) is 10.8 Å². The van der Waals surface area contributed by atoms with Gasteiger partial charge in [0, 0.05) is 18.8 Å². The summed E-state index contributed by atoms with van der Waals surface area (Å²) < 4.78 is 0. The molecule has 2 aromatic rings. The number of nitrogens with zero attached hydrogens (tertiary/aromatic N) is 1. The minimum Gasteiger partial charge on any atom is -0.329 e. The summed E-state index contributed by atoms with van der Waals surface area (Å²) in [5, 5.41) is 4.74. The largest absolute Gasteiger partial charge is 0.329 e. The normalized spacial score (nSPS) is 11.9. The van der Waals surface area contributed by atoms with Crippen LogP contribution in [0.3, 0.4) is 0 Å². The molecule has 0 radical (unpaired) electrons. The predicted molar refractivity (Wildman–Crippen MR) is 79.0 cm³/mol. The molecule has 20 heavy (non-hydrogen) atoms. The Morgan fingerprint density at radius 2 is 2.05 bits per heavy atom. The molecule has 6 heteroatoms. The van der Waals surface area contributed by atoms with Crippen molar-refractivity contribution in [1.29, 1.82) is 0 Å². The number of nitrogens with one attached hydrogen (secondary N) is 1. The number of amides is 1. The molecule has 1 unspecified atom stereocenters. The zero-order valence-electron chi connectivity index (χ0n) is 11.0. The molecule has 2 rings (SSSR count). The Morgan fingerprint density at radius 3 is 2.60 bits per heavy atom. The van der Waals surface area contributed by atoms with E-state index in [4.69, 9.17) is 5.73 Å². The molecule has 0 saturated heterocycles. The Balaban J connectivity index is 2.11. The zero-order valence-corrected chi connectivity index (χ0v) is 11.8. The Morgan fingerprint density at radius 1 is 1.35 bits per heavy atom. The number of benzene rings is 1. The van der Waals surface area contributed by atoms with Gasteiger partial charge in [0.2, 0.25) is 5.91 Å². The first-order valence-corrected chi connectivity index (χ1v) is 7.02. The van der Waals surface area contributed by atoms with Gasteiger partial charge in [0.25, 0.3) is 0 Å². The molecular formula is C14H15N3O2S. The van der Waals surface area contributed by atoms with E-state index < -0.39 is 5.92 Å². The third-order valence-corrected chi connectivity index (χ3v) is 3.61. The number of nitrogens with two attached hydrogens (primary N) is 1. The maximum Gasteiger partial charge on any atom is 0.234 e. The lowest BCUT2D eigenvalue weighted by Crippen LogP contribution is -2.27. The van der Waals surface area contributed by atoms with Crippen LogP contribution in [-0.4, -0.2) is 23.2 Å². The summed E-state index contributed by atoms with van der Waals surface area (Å²) in [6.45, 7) is 1.65. The summed E-state index contributed by atoms with van der Waals surface area (Å²) in [5.74, 6) is -0.774. The average Bonchev–Trinajstić information content (AvgIpc) is 2.89. The molecule has 1 amide bonds. The number of hydrogen-bond donors (Lipinski definition) is 2. The van der Waals surface area contributed by atoms with E-state index in [1.54, 1.807) is 5.38 Å². The SMILES string of the molecule is CC(=O)c1csc(NC(=O)C(CN)c2ccccc2)n1. The van der Waals surface area contributed by atoms with Crippen LogP contribution in [-0.2, 0) is 4.79 Å². The van der Waals surface area contributed by atoms with E-state index in [1.165, 1.54) is 18.3 Å². The topological polar surface area (TPSA) is 85.1 Å². The molecule has 0 aliphatic rings. The summed E-state index contributed by atoms with van der Waals surface area (Å²) in [7, 11) is 0. The summed E-state index contributed by atoms with van der Waals surface area (Å²) in [4.78, 5) is 27.4. The molecule has 0 saturated carbocycles. The van der Waals surface area contributed by atoms with Crippen LogP contribution in [0.4, 0.5) is 5.13 Å². The van der Waals surface area contributed by atoms with E-state index >= 15 is 0 Å². The van der Waals surface area contributed by atoms with Crippen LogP contribution in [0, 0.1) is 0 Å². The van der Waals surface area contributed by atoms with Crippen molar-refractivity contribution in [2.75, 3.05) is 11.9 Å². The molecular weight excluding hydrogens is 274 g/mol. The van der Waals surface area contributed by atoms with Crippen LogP contribution in [0.1, 0.15) is 28.9 Å². The molecule has 1 aromatic carbocycles. The fourth-order valence-corrected chi connectivity index (χ4v) is 2.52. The summed E-state index contributed by atoms with van der Waals surface area (Å²) in [6.07, 6.45) is 0. The van der Waals surface area contributed by atoms with Crippen molar-refractivity contribution in [3.63, 3.8) is 0 Å². The molecule has 0 fully saturated rings. The highest BCUT2D eigenvalue weighted by Crippen LogP contribution is 2.20. The van der Waals surface area contributed by atoms with E-state index in [0.717, 1.165) is 5.56 Å². The first kappa shape index (κ1) is 14.4. The Kier molecular flexibility index (Phi) is 4.60. The van der Waals surface area contributed by atoms with E-state index in [2.05, 4.69) is 10.3 Å². The third-order valence-electron chi connectivity index (χ3n) is 2.85. The molecule has 5 nitrogen and oxygen atoms in total. The van der Waals surface area contributed by atoms with Gasteiger partial charge in [-0.1, -0.05) is 30.3 Å². The van der Waals surface area contributed by atoms with Crippen LogP contribution in [0.15, 0.2) is 35.7 Å². The van der Waals surface area contributed by atoms with Gasteiger partial charge in [0.15, 0.2) is 10.9 Å². The number of rotatable bonds is 5. The summed E-state index contributed by atoms with van der Waals surface area (Å²) in [6, 6.07) is 9.33. The summed E-state index contributed by atoms with van der Waals surface area (Å²) in [5.41, 5.74) is 6.89. The quantitative estimate of drug-likeness (QED) is 0.825. The number of aromatic nitrogens is 1. The van der Waals surface area contributed by atoms with Gasteiger partial charge in [-0.05, 0) is 5.56 Å². The Labute approximate surface area is 120 Å². The molecule has 1 aromatic heterocycles. The summed E-state index contributed by atoms with van der Waals surface area (Å²) >= 11 is 1.22. The fourth-order valence-electron chi connectivity index (χ4n) is 1.77. The van der Waals surface area contributed by atoms with Crippen molar-refractivity contribution in [3.05, 3.63) is 47.0 Å². The number of hydrogen-bond acceptors (Lipinski definition) is 5. The van der Waals surface area contributed by atoms with Gasteiger partial charge in [0.1, 0.15) is 5.69 Å². The monoisotopic (exact) mass is 289 g/mol. The lowest BCUT2D eigenvalue weighted by Gasteiger charge is -2.13. The predicted octanol–water partition coefficient (Wildman–Crippen LogP) is 2.03. The van der Waals surface area contributed by atoms with Gasteiger partial charge in [-0.3, -0.25) is 9.59 Å². The lowest BCUT2D eigenvalue weighted by molar-refractivity contribution is -0.117. The standard InChI is InChI=1S/C14H15N3O2S/c1-9(18)12-8-20-14(16-12)17-13(19)11(7-15)10-5-3-2-4-6-10/h2-6,8,11H,7,15H2,1H3,(H,16,17,19). The number of anilines is 1. The van der Waals surface area contributed by atoms with Crippen molar-refractivity contribution >= 4 is 28.2 Å². The van der Waals surface area contributed by atoms with Crippen molar-refractivity contribution in [2.24, 2.45) is 5.73 Å². The van der Waals surface area contributed by atoms with E-state index in [9.17, 15) is 9.59 Å². The molecule has 0 bridgehead atoms. The number of carbonyl (C=O) groups excluding carboxylic acids is 2. The number of thiazole rings is 1. The van der Waals surface area contributed by atoms with Gasteiger partial charge in [-0.25, -0.2) is 4.98 Å². The van der Waals surface area contributed by atoms with E-state index in [-0.39, 0.29) is 18.2 Å². The molecule has 0 spiro atoms. The fraction of sp³-hybridized carbons (Fsp3) is 0.214. The van der Waals surface area contributed by atoms with Gasteiger partial charge in [-0.15, -0.1) is 11.3 Å². The second kappa shape index (κ2) is 6.40. The highest BCUT2D eigenvalue weighted by Gasteiger charge is 2.20. The maximum atomic E-state index is 12.2. The van der Waals surface area contributed by atoms with Crippen LogP contribution in [0.25, 0.3) is 0 Å². The molecule has 1 atom stereocenters. The van der Waals surface area contributed by atoms with Crippen LogP contribution in [0.2, 0.25) is 0 Å². The maximum absolute atomic E-state index is 12.2. The first-order chi connectivity index (χ1) is 9.61. The molecule has 104 valence electrons. The minimum absolute atomic E-state index is 0.125. The zero-order chi connectivity index (χ0) is 14.5. The second-order valence-corrected chi connectivity index (χ2v) is 5.14. The van der Waals surface area contributed by atoms with Gasteiger partial charge < -0.3 is 11.1 Å².